The van der Waals surface area contributed by atoms with Gasteiger partial charge < -0.3 is 15.0 Å². The van der Waals surface area contributed by atoms with E-state index in [4.69, 9.17) is 10.5 Å². The van der Waals surface area contributed by atoms with Gasteiger partial charge in [0, 0.05) is 11.0 Å². The smallest absolute Gasteiger partial charge is 0.201 e. The molecule has 1 fully saturated rings. The molecule has 0 amide bonds. The van der Waals surface area contributed by atoms with Crippen molar-refractivity contribution in [1.29, 1.82) is 0 Å². The number of nitrogens with two attached hydrogens (primary N) is 1. The van der Waals surface area contributed by atoms with Gasteiger partial charge in [-0.05, 0) is 31.0 Å². The van der Waals surface area contributed by atoms with Gasteiger partial charge >= 0.3 is 0 Å². The lowest BCUT2D eigenvalue weighted by Crippen LogP contribution is -2.19. The lowest BCUT2D eigenvalue weighted by atomic mass is 9.98. The normalized spacial score (nSPS) is 16.9. The number of aromatic nitrogens is 2. The lowest BCUT2D eigenvalue weighted by molar-refractivity contribution is 0.0246. The summed E-state index contributed by atoms with van der Waals surface area (Å²) in [5.74, 6) is 0.561. The minimum atomic E-state index is 0.437. The van der Waals surface area contributed by atoms with Crippen molar-refractivity contribution in [1.82, 2.24) is 9.55 Å². The summed E-state index contributed by atoms with van der Waals surface area (Å²) in [5, 5.41) is 0. The molecule has 0 radical (unpaired) electrons. The number of benzene rings is 1. The summed E-state index contributed by atoms with van der Waals surface area (Å²) in [5.41, 5.74) is 8.00. The molecule has 1 aliphatic rings. The molecule has 0 aliphatic heterocycles. The summed E-state index contributed by atoms with van der Waals surface area (Å²) in [6, 6.07) is 6.02. The average molecular weight is 338 g/mol. The zero-order valence-electron chi connectivity index (χ0n) is 11.5. The van der Waals surface area contributed by atoms with Gasteiger partial charge in [0.1, 0.15) is 0 Å². The number of imidazole rings is 1. The zero-order valence-corrected chi connectivity index (χ0v) is 13.1. The number of halogens is 1. The molecule has 1 aromatic carbocycles. The van der Waals surface area contributed by atoms with Crippen molar-refractivity contribution in [2.75, 3.05) is 12.3 Å². The van der Waals surface area contributed by atoms with Gasteiger partial charge in [0.25, 0.3) is 0 Å². The zero-order chi connectivity index (χ0) is 13.9. The van der Waals surface area contributed by atoms with Crippen LogP contribution in [0.15, 0.2) is 22.7 Å². The van der Waals surface area contributed by atoms with E-state index in [0.717, 1.165) is 22.1 Å². The summed E-state index contributed by atoms with van der Waals surface area (Å²) in [6.45, 7) is 1.46. The van der Waals surface area contributed by atoms with Crippen molar-refractivity contribution in [3.05, 3.63) is 22.7 Å². The van der Waals surface area contributed by atoms with E-state index in [9.17, 15) is 0 Å². The highest BCUT2D eigenvalue weighted by molar-refractivity contribution is 9.10. The maximum Gasteiger partial charge on any atom is 0.201 e. The molecule has 20 heavy (non-hydrogen) atoms. The molecule has 1 saturated carbocycles. The Morgan fingerprint density at radius 1 is 1.30 bits per heavy atom. The number of fused-ring (bicyclic) bond motifs is 1. The Morgan fingerprint density at radius 3 is 2.90 bits per heavy atom. The van der Waals surface area contributed by atoms with E-state index in [1.807, 2.05) is 16.7 Å². The first-order valence-electron chi connectivity index (χ1n) is 7.27. The van der Waals surface area contributed by atoms with E-state index >= 15 is 0 Å². The Labute approximate surface area is 127 Å². The Balaban J connectivity index is 1.67. The van der Waals surface area contributed by atoms with Crippen LogP contribution >= 0.6 is 15.9 Å². The predicted octanol–water partition coefficient (Wildman–Crippen LogP) is 3.73. The van der Waals surface area contributed by atoms with Crippen LogP contribution in [0.5, 0.6) is 0 Å². The van der Waals surface area contributed by atoms with Crippen molar-refractivity contribution in [3.8, 4) is 0 Å². The molecule has 0 bridgehead atoms. The largest absolute Gasteiger partial charge is 0.376 e. The SMILES string of the molecule is Nc1nc2ccc(Br)cc2n1CCOC1CCCCC1. The molecule has 108 valence electrons. The number of hydrogen-bond acceptors (Lipinski definition) is 3. The Kier molecular flexibility index (Phi) is 4.27. The maximum absolute atomic E-state index is 6.00. The molecule has 3 rings (SSSR count). The number of ether oxygens (including phenoxy) is 1. The quantitative estimate of drug-likeness (QED) is 0.924. The highest BCUT2D eigenvalue weighted by atomic mass is 79.9. The molecule has 1 aromatic heterocycles. The van der Waals surface area contributed by atoms with Crippen LogP contribution in [-0.4, -0.2) is 22.3 Å². The fraction of sp³-hybridized carbons (Fsp3) is 0.533. The summed E-state index contributed by atoms with van der Waals surface area (Å²) in [7, 11) is 0. The molecular weight excluding hydrogens is 318 g/mol. The number of rotatable bonds is 4. The first kappa shape index (κ1) is 13.9. The van der Waals surface area contributed by atoms with Gasteiger partial charge in [-0.15, -0.1) is 0 Å². The number of anilines is 1. The van der Waals surface area contributed by atoms with Crippen molar-refractivity contribution >= 4 is 32.9 Å². The van der Waals surface area contributed by atoms with Crippen LogP contribution in [-0.2, 0) is 11.3 Å². The second-order valence-corrected chi connectivity index (χ2v) is 6.30. The molecule has 1 aliphatic carbocycles. The predicted molar refractivity (Wildman–Crippen MR) is 84.7 cm³/mol. The van der Waals surface area contributed by atoms with Crippen LogP contribution in [0, 0.1) is 0 Å². The number of nitrogen functional groups attached to an aromatic ring is 1. The van der Waals surface area contributed by atoms with E-state index in [-0.39, 0.29) is 0 Å². The fourth-order valence-electron chi connectivity index (χ4n) is 2.89. The summed E-state index contributed by atoms with van der Waals surface area (Å²) >= 11 is 3.49. The molecule has 2 N–H and O–H groups in total. The topological polar surface area (TPSA) is 53.1 Å². The van der Waals surface area contributed by atoms with E-state index in [2.05, 4.69) is 27.0 Å². The van der Waals surface area contributed by atoms with Gasteiger partial charge in [-0.1, -0.05) is 35.2 Å². The third-order valence-electron chi connectivity index (χ3n) is 3.96. The first-order chi connectivity index (χ1) is 9.74. The van der Waals surface area contributed by atoms with E-state index in [0.29, 0.717) is 18.7 Å². The van der Waals surface area contributed by atoms with Crippen LogP contribution in [0.2, 0.25) is 0 Å². The molecule has 1 heterocycles. The van der Waals surface area contributed by atoms with Crippen LogP contribution < -0.4 is 5.73 Å². The van der Waals surface area contributed by atoms with Gasteiger partial charge in [0.05, 0.1) is 23.7 Å². The van der Waals surface area contributed by atoms with Gasteiger partial charge in [-0.3, -0.25) is 0 Å². The van der Waals surface area contributed by atoms with Crippen molar-refractivity contribution in [3.63, 3.8) is 0 Å². The van der Waals surface area contributed by atoms with Crippen molar-refractivity contribution in [2.45, 2.75) is 44.8 Å². The molecule has 0 saturated heterocycles. The van der Waals surface area contributed by atoms with Crippen molar-refractivity contribution in [2.24, 2.45) is 0 Å². The van der Waals surface area contributed by atoms with Gasteiger partial charge in [0.15, 0.2) is 0 Å². The van der Waals surface area contributed by atoms with E-state index < -0.39 is 0 Å². The van der Waals surface area contributed by atoms with Gasteiger partial charge in [-0.25, -0.2) is 4.98 Å². The maximum atomic E-state index is 6.00. The molecule has 4 nitrogen and oxygen atoms in total. The standard InChI is InChI=1S/C15H20BrN3O/c16-11-6-7-13-14(10-11)19(15(17)18-13)8-9-20-12-4-2-1-3-5-12/h6-7,10,12H,1-5,8-9H2,(H2,17,18). The summed E-state index contributed by atoms with van der Waals surface area (Å²) in [6.07, 6.45) is 6.79. The Bertz CT molecular complexity index is 590. The molecular formula is C15H20BrN3O. The molecule has 5 heteroatoms. The minimum absolute atomic E-state index is 0.437. The molecule has 0 atom stereocenters. The first-order valence-corrected chi connectivity index (χ1v) is 8.06. The van der Waals surface area contributed by atoms with Crippen LogP contribution in [0.25, 0.3) is 11.0 Å². The third kappa shape index (κ3) is 2.99. The molecule has 0 spiro atoms. The van der Waals surface area contributed by atoms with E-state index in [1.165, 1.54) is 32.1 Å². The van der Waals surface area contributed by atoms with Gasteiger partial charge in [-0.2, -0.15) is 0 Å². The van der Waals surface area contributed by atoms with Gasteiger partial charge in [0.2, 0.25) is 5.95 Å². The highest BCUT2D eigenvalue weighted by Crippen LogP contribution is 2.23. The monoisotopic (exact) mass is 337 g/mol. The van der Waals surface area contributed by atoms with Crippen LogP contribution in [0.1, 0.15) is 32.1 Å². The average Bonchev–Trinajstić information content (AvgIpc) is 2.76. The summed E-state index contributed by atoms with van der Waals surface area (Å²) < 4.78 is 9.05. The second kappa shape index (κ2) is 6.14. The second-order valence-electron chi connectivity index (χ2n) is 5.39. The fourth-order valence-corrected chi connectivity index (χ4v) is 3.24. The Morgan fingerprint density at radius 2 is 2.10 bits per heavy atom. The lowest BCUT2D eigenvalue weighted by Gasteiger charge is -2.22. The molecule has 2 aromatic rings. The minimum Gasteiger partial charge on any atom is -0.376 e. The van der Waals surface area contributed by atoms with Crippen LogP contribution in [0.4, 0.5) is 5.95 Å². The molecule has 0 unspecified atom stereocenters. The summed E-state index contributed by atoms with van der Waals surface area (Å²) in [4.78, 5) is 4.38. The van der Waals surface area contributed by atoms with Crippen molar-refractivity contribution < 1.29 is 4.74 Å². The van der Waals surface area contributed by atoms with Crippen LogP contribution in [0.3, 0.4) is 0 Å². The van der Waals surface area contributed by atoms with E-state index in [1.54, 1.807) is 0 Å². The highest BCUT2D eigenvalue weighted by Gasteiger charge is 2.14. The number of hydrogen-bond donors (Lipinski definition) is 1. The number of nitrogens with zero attached hydrogens (tertiary/aromatic N) is 2. The Hall–Kier alpha value is -1.07. The third-order valence-corrected chi connectivity index (χ3v) is 4.45.